The molecule has 1 aliphatic heterocycles. The summed E-state index contributed by atoms with van der Waals surface area (Å²) >= 11 is 0. The van der Waals surface area contributed by atoms with Crippen LogP contribution in [0, 0.1) is 5.92 Å². The first kappa shape index (κ1) is 8.56. The van der Waals surface area contributed by atoms with E-state index in [4.69, 9.17) is 0 Å². The van der Waals surface area contributed by atoms with Crippen molar-refractivity contribution in [2.24, 2.45) is 5.92 Å². The lowest BCUT2D eigenvalue weighted by atomic mass is 9.93. The van der Waals surface area contributed by atoms with Crippen LogP contribution in [0.4, 0.5) is 0 Å². The van der Waals surface area contributed by atoms with Crippen molar-refractivity contribution in [3.05, 3.63) is 12.4 Å². The molecule has 2 rings (SSSR count). The highest BCUT2D eigenvalue weighted by Gasteiger charge is 2.53. The Morgan fingerprint density at radius 3 is 2.77 bits per heavy atom. The number of amides is 1. The summed E-state index contributed by atoms with van der Waals surface area (Å²) in [5, 5.41) is 8.95. The van der Waals surface area contributed by atoms with Crippen LogP contribution in [0.15, 0.2) is 12.4 Å². The first-order valence-corrected chi connectivity index (χ1v) is 4.62. The zero-order valence-electron chi connectivity index (χ0n) is 7.81. The van der Waals surface area contributed by atoms with Crippen LogP contribution < -0.4 is 16.0 Å². The summed E-state index contributed by atoms with van der Waals surface area (Å²) in [5.74, 6) is 1.17. The second-order valence-electron chi connectivity index (χ2n) is 3.83. The molecule has 0 radical (unpaired) electrons. The van der Waals surface area contributed by atoms with Crippen molar-refractivity contribution in [2.75, 3.05) is 13.6 Å². The fourth-order valence-corrected chi connectivity index (χ4v) is 2.02. The molecule has 4 heteroatoms. The lowest BCUT2D eigenvalue weighted by Crippen LogP contribution is -2.55. The van der Waals surface area contributed by atoms with E-state index in [1.165, 1.54) is 0 Å². The van der Waals surface area contributed by atoms with Gasteiger partial charge in [-0.1, -0.05) is 6.58 Å². The van der Waals surface area contributed by atoms with Gasteiger partial charge < -0.3 is 16.0 Å². The number of rotatable bonds is 3. The minimum absolute atomic E-state index is 0.0642. The topological polar surface area (TPSA) is 53.2 Å². The van der Waals surface area contributed by atoms with Crippen molar-refractivity contribution in [1.82, 2.24) is 16.0 Å². The maximum Gasteiger partial charge on any atom is 0.252 e. The van der Waals surface area contributed by atoms with Crippen molar-refractivity contribution in [3.63, 3.8) is 0 Å². The van der Waals surface area contributed by atoms with Gasteiger partial charge in [-0.25, -0.2) is 0 Å². The molecule has 3 N–H and O–H groups in total. The highest BCUT2D eigenvalue weighted by Crippen LogP contribution is 2.41. The Bertz CT molecular complexity index is 260. The molecular formula is C9H15N3O. The summed E-state index contributed by atoms with van der Waals surface area (Å²) in [6, 6.07) is 0. The van der Waals surface area contributed by atoms with Gasteiger partial charge in [-0.05, 0) is 25.8 Å². The summed E-state index contributed by atoms with van der Waals surface area (Å²) in [5.41, 5.74) is -0.425. The Morgan fingerprint density at radius 1 is 1.69 bits per heavy atom. The van der Waals surface area contributed by atoms with E-state index in [0.717, 1.165) is 12.8 Å². The van der Waals surface area contributed by atoms with Crippen LogP contribution in [0.3, 0.4) is 0 Å². The van der Waals surface area contributed by atoms with Gasteiger partial charge in [-0.15, -0.1) is 0 Å². The van der Waals surface area contributed by atoms with Gasteiger partial charge >= 0.3 is 0 Å². The molecule has 4 nitrogen and oxygen atoms in total. The highest BCUT2D eigenvalue weighted by molar-refractivity contribution is 5.91. The third-order valence-corrected chi connectivity index (χ3v) is 2.77. The molecule has 1 atom stereocenters. The average molecular weight is 181 g/mol. The maximum absolute atomic E-state index is 11.7. The molecule has 0 aromatic rings. The number of hydrogen-bond donors (Lipinski definition) is 3. The molecule has 0 aromatic heterocycles. The van der Waals surface area contributed by atoms with Crippen molar-refractivity contribution in [1.29, 1.82) is 0 Å². The normalized spacial score (nSPS) is 33.0. The lowest BCUT2D eigenvalue weighted by Gasteiger charge is -2.26. The zero-order chi connectivity index (χ0) is 9.47. The van der Waals surface area contributed by atoms with Gasteiger partial charge in [-0.3, -0.25) is 4.79 Å². The van der Waals surface area contributed by atoms with E-state index in [0.29, 0.717) is 18.3 Å². The quantitative estimate of drug-likeness (QED) is 0.552. The Labute approximate surface area is 77.8 Å². The van der Waals surface area contributed by atoms with E-state index >= 15 is 0 Å². The van der Waals surface area contributed by atoms with Gasteiger partial charge in [0.25, 0.3) is 5.91 Å². The van der Waals surface area contributed by atoms with E-state index in [-0.39, 0.29) is 5.91 Å². The predicted molar refractivity (Wildman–Crippen MR) is 49.8 cm³/mol. The predicted octanol–water partition coefficient (Wildman–Crippen LogP) is -0.455. The molecule has 13 heavy (non-hydrogen) atoms. The molecule has 0 spiro atoms. The standard InChI is InChI=1S/C9H15N3O/c1-6-11-8(13)9(12-6,5-10-2)7-3-4-7/h7,10,12H,1,3-5H2,2H3,(H,11,13)/t9-/m0/s1. The fraction of sp³-hybridized carbons (Fsp3) is 0.667. The molecule has 2 fully saturated rings. The first-order valence-electron chi connectivity index (χ1n) is 4.62. The van der Waals surface area contributed by atoms with Crippen LogP contribution in [-0.4, -0.2) is 25.0 Å². The third kappa shape index (κ3) is 1.21. The molecule has 2 aliphatic rings. The molecule has 0 aromatic carbocycles. The van der Waals surface area contributed by atoms with E-state index in [2.05, 4.69) is 22.5 Å². The number of hydrogen-bond acceptors (Lipinski definition) is 3. The number of likely N-dealkylation sites (N-methyl/N-ethyl adjacent to an activating group) is 1. The molecule has 1 heterocycles. The summed E-state index contributed by atoms with van der Waals surface area (Å²) in [6.07, 6.45) is 2.27. The second-order valence-corrected chi connectivity index (χ2v) is 3.83. The lowest BCUT2D eigenvalue weighted by molar-refractivity contribution is -0.124. The Kier molecular flexibility index (Phi) is 1.80. The van der Waals surface area contributed by atoms with Crippen molar-refractivity contribution < 1.29 is 4.79 Å². The summed E-state index contributed by atoms with van der Waals surface area (Å²) in [6.45, 7) is 4.39. The monoisotopic (exact) mass is 181 g/mol. The van der Waals surface area contributed by atoms with E-state index in [1.54, 1.807) is 0 Å². The smallest absolute Gasteiger partial charge is 0.252 e. The molecule has 1 aliphatic carbocycles. The molecular weight excluding hydrogens is 166 g/mol. The van der Waals surface area contributed by atoms with Crippen LogP contribution >= 0.6 is 0 Å². The molecule has 1 saturated carbocycles. The first-order chi connectivity index (χ1) is 6.19. The molecule has 0 unspecified atom stereocenters. The van der Waals surface area contributed by atoms with Gasteiger partial charge in [0.05, 0.1) is 5.82 Å². The number of nitrogens with one attached hydrogen (secondary N) is 3. The number of carbonyl (C=O) groups is 1. The van der Waals surface area contributed by atoms with Crippen LogP contribution in [0.5, 0.6) is 0 Å². The summed E-state index contributed by atoms with van der Waals surface area (Å²) in [4.78, 5) is 11.7. The van der Waals surface area contributed by atoms with E-state index in [9.17, 15) is 4.79 Å². The SMILES string of the molecule is C=C1NC(=O)[C@](CNC)(C2CC2)N1. The minimum atomic E-state index is -0.425. The van der Waals surface area contributed by atoms with Crippen LogP contribution in [0.1, 0.15) is 12.8 Å². The Morgan fingerprint density at radius 2 is 2.38 bits per heavy atom. The van der Waals surface area contributed by atoms with Crippen LogP contribution in [-0.2, 0) is 4.79 Å². The van der Waals surface area contributed by atoms with Gasteiger partial charge in [-0.2, -0.15) is 0 Å². The van der Waals surface area contributed by atoms with Crippen molar-refractivity contribution in [2.45, 2.75) is 18.4 Å². The zero-order valence-corrected chi connectivity index (χ0v) is 7.81. The Balaban J connectivity index is 2.21. The largest absolute Gasteiger partial charge is 0.357 e. The van der Waals surface area contributed by atoms with Gasteiger partial charge in [0.2, 0.25) is 0 Å². The summed E-state index contributed by atoms with van der Waals surface area (Å²) in [7, 11) is 1.86. The fourth-order valence-electron chi connectivity index (χ4n) is 2.02. The number of carbonyl (C=O) groups excluding carboxylic acids is 1. The van der Waals surface area contributed by atoms with E-state index < -0.39 is 5.54 Å². The third-order valence-electron chi connectivity index (χ3n) is 2.77. The average Bonchev–Trinajstić information content (AvgIpc) is 2.82. The Hall–Kier alpha value is -1.03. The molecule has 0 bridgehead atoms. The van der Waals surface area contributed by atoms with Crippen molar-refractivity contribution >= 4 is 5.91 Å². The molecule has 72 valence electrons. The van der Waals surface area contributed by atoms with Gasteiger partial charge in [0.15, 0.2) is 0 Å². The van der Waals surface area contributed by atoms with Crippen LogP contribution in [0.25, 0.3) is 0 Å². The van der Waals surface area contributed by atoms with E-state index in [1.807, 2.05) is 7.05 Å². The van der Waals surface area contributed by atoms with Gasteiger partial charge in [0, 0.05) is 6.54 Å². The van der Waals surface area contributed by atoms with Crippen LogP contribution in [0.2, 0.25) is 0 Å². The highest BCUT2D eigenvalue weighted by atomic mass is 16.2. The van der Waals surface area contributed by atoms with Crippen molar-refractivity contribution in [3.8, 4) is 0 Å². The second kappa shape index (κ2) is 2.73. The minimum Gasteiger partial charge on any atom is -0.357 e. The molecule has 1 saturated heterocycles. The molecule has 1 amide bonds. The summed E-state index contributed by atoms with van der Waals surface area (Å²) < 4.78 is 0. The maximum atomic E-state index is 11.7. The van der Waals surface area contributed by atoms with Gasteiger partial charge in [0.1, 0.15) is 5.54 Å².